The predicted molar refractivity (Wildman–Crippen MR) is 56.2 cm³/mol. The molecule has 4 heteroatoms. The summed E-state index contributed by atoms with van der Waals surface area (Å²) in [7, 11) is 0. The summed E-state index contributed by atoms with van der Waals surface area (Å²) >= 11 is 0. The molecule has 0 spiro atoms. The molecule has 2 N–H and O–H groups in total. The molecule has 4 nitrogen and oxygen atoms in total. The Bertz CT molecular complexity index is 156. The van der Waals surface area contributed by atoms with Crippen molar-refractivity contribution in [1.82, 2.24) is 9.80 Å². The summed E-state index contributed by atoms with van der Waals surface area (Å²) in [5, 5.41) is 18.2. The number of rotatable bonds is 4. The van der Waals surface area contributed by atoms with Crippen molar-refractivity contribution in [3.8, 4) is 0 Å². The van der Waals surface area contributed by atoms with Gasteiger partial charge in [0.05, 0.1) is 12.7 Å². The lowest BCUT2D eigenvalue weighted by Gasteiger charge is -2.38. The molecule has 2 unspecified atom stereocenters. The van der Waals surface area contributed by atoms with Crippen LogP contribution in [0, 0.1) is 0 Å². The highest BCUT2D eigenvalue weighted by atomic mass is 16.3. The van der Waals surface area contributed by atoms with E-state index in [0.29, 0.717) is 0 Å². The lowest BCUT2D eigenvalue weighted by Crippen LogP contribution is -2.52. The predicted octanol–water partition coefficient (Wildman–Crippen LogP) is -0.634. The van der Waals surface area contributed by atoms with E-state index in [-0.39, 0.29) is 18.8 Å². The molecule has 2 atom stereocenters. The molecule has 0 radical (unpaired) electrons. The van der Waals surface area contributed by atoms with E-state index in [4.69, 9.17) is 5.11 Å². The van der Waals surface area contributed by atoms with Gasteiger partial charge in [0.1, 0.15) is 0 Å². The molecule has 0 aromatic heterocycles. The zero-order valence-corrected chi connectivity index (χ0v) is 9.19. The first-order valence-electron chi connectivity index (χ1n) is 5.40. The van der Waals surface area contributed by atoms with E-state index in [2.05, 4.69) is 16.7 Å². The highest BCUT2D eigenvalue weighted by molar-refractivity contribution is 4.78. The van der Waals surface area contributed by atoms with E-state index in [1.165, 1.54) is 0 Å². The molecule has 0 amide bonds. The lowest BCUT2D eigenvalue weighted by molar-refractivity contribution is 0.0316. The van der Waals surface area contributed by atoms with Gasteiger partial charge >= 0.3 is 0 Å². The molecule has 1 fully saturated rings. The average molecular weight is 202 g/mol. The summed E-state index contributed by atoms with van der Waals surface area (Å²) in [5.41, 5.74) is 0. The van der Waals surface area contributed by atoms with Gasteiger partial charge in [0.2, 0.25) is 0 Å². The average Bonchev–Trinajstić information content (AvgIpc) is 2.18. The summed E-state index contributed by atoms with van der Waals surface area (Å²) in [4.78, 5) is 4.56. The van der Waals surface area contributed by atoms with Crippen molar-refractivity contribution < 1.29 is 10.2 Å². The third-order valence-corrected chi connectivity index (χ3v) is 3.10. The minimum atomic E-state index is -0.264. The van der Waals surface area contributed by atoms with Gasteiger partial charge in [-0.3, -0.25) is 9.80 Å². The normalized spacial score (nSPS) is 24.9. The Kier molecular flexibility index (Phi) is 4.81. The van der Waals surface area contributed by atoms with Gasteiger partial charge in [-0.25, -0.2) is 0 Å². The van der Waals surface area contributed by atoms with Gasteiger partial charge in [-0.15, -0.1) is 0 Å². The van der Waals surface area contributed by atoms with Crippen LogP contribution in [0.5, 0.6) is 0 Å². The van der Waals surface area contributed by atoms with Crippen LogP contribution in [-0.2, 0) is 0 Å². The van der Waals surface area contributed by atoms with E-state index in [9.17, 15) is 5.11 Å². The molecular weight excluding hydrogens is 180 g/mol. The highest BCUT2D eigenvalue weighted by Crippen LogP contribution is 2.08. The van der Waals surface area contributed by atoms with Gasteiger partial charge in [-0.1, -0.05) is 0 Å². The molecule has 1 heterocycles. The third kappa shape index (κ3) is 3.20. The van der Waals surface area contributed by atoms with Crippen molar-refractivity contribution in [1.29, 1.82) is 0 Å². The number of nitrogens with zero attached hydrogens (tertiary/aromatic N) is 2. The first kappa shape index (κ1) is 11.9. The maximum absolute atomic E-state index is 9.45. The Hall–Kier alpha value is -0.160. The molecule has 0 aromatic rings. The number of hydrogen-bond donors (Lipinski definition) is 2. The lowest BCUT2D eigenvalue weighted by atomic mass is 10.1. The summed E-state index contributed by atoms with van der Waals surface area (Å²) in [6.07, 6.45) is -0.264. The Morgan fingerprint density at radius 3 is 2.14 bits per heavy atom. The van der Waals surface area contributed by atoms with Crippen molar-refractivity contribution in [2.45, 2.75) is 26.0 Å². The minimum Gasteiger partial charge on any atom is -0.395 e. The molecule has 0 aromatic carbocycles. The molecule has 84 valence electrons. The second-order valence-corrected chi connectivity index (χ2v) is 4.08. The Morgan fingerprint density at radius 2 is 1.71 bits per heavy atom. The van der Waals surface area contributed by atoms with Gasteiger partial charge in [-0.2, -0.15) is 0 Å². The van der Waals surface area contributed by atoms with Crippen LogP contribution in [-0.4, -0.2) is 71.5 Å². The number of hydrogen-bond acceptors (Lipinski definition) is 4. The second-order valence-electron chi connectivity index (χ2n) is 4.08. The van der Waals surface area contributed by atoms with Gasteiger partial charge in [0, 0.05) is 38.8 Å². The van der Waals surface area contributed by atoms with E-state index in [0.717, 1.165) is 32.7 Å². The van der Waals surface area contributed by atoms with Crippen LogP contribution in [0.25, 0.3) is 0 Å². The summed E-state index contributed by atoms with van der Waals surface area (Å²) in [6.45, 7) is 8.90. The number of aliphatic hydroxyl groups is 2. The van der Waals surface area contributed by atoms with E-state index in [1.807, 2.05) is 6.92 Å². The van der Waals surface area contributed by atoms with Crippen molar-refractivity contribution in [3.05, 3.63) is 0 Å². The summed E-state index contributed by atoms with van der Waals surface area (Å²) < 4.78 is 0. The van der Waals surface area contributed by atoms with Gasteiger partial charge < -0.3 is 10.2 Å². The van der Waals surface area contributed by atoms with Gasteiger partial charge in [-0.05, 0) is 13.8 Å². The van der Waals surface area contributed by atoms with Crippen molar-refractivity contribution >= 4 is 0 Å². The third-order valence-electron chi connectivity index (χ3n) is 3.10. The zero-order valence-electron chi connectivity index (χ0n) is 9.19. The maximum Gasteiger partial charge on any atom is 0.0664 e. The van der Waals surface area contributed by atoms with Crippen LogP contribution in [0.1, 0.15) is 13.8 Å². The number of aliphatic hydroxyl groups excluding tert-OH is 2. The second kappa shape index (κ2) is 5.66. The van der Waals surface area contributed by atoms with E-state index >= 15 is 0 Å². The van der Waals surface area contributed by atoms with Crippen LogP contribution in [0.3, 0.4) is 0 Å². The van der Waals surface area contributed by atoms with Gasteiger partial charge in [0.15, 0.2) is 0 Å². The van der Waals surface area contributed by atoms with Crippen molar-refractivity contribution in [3.63, 3.8) is 0 Å². The summed E-state index contributed by atoms with van der Waals surface area (Å²) in [5.74, 6) is 0. The first-order valence-corrected chi connectivity index (χ1v) is 5.40. The van der Waals surface area contributed by atoms with Crippen LogP contribution in [0.4, 0.5) is 0 Å². The molecule has 14 heavy (non-hydrogen) atoms. The Labute approximate surface area is 86.1 Å². The first-order chi connectivity index (χ1) is 6.65. The molecule has 1 aliphatic rings. The molecule has 1 aliphatic heterocycles. The maximum atomic E-state index is 9.45. The number of piperazine rings is 1. The van der Waals surface area contributed by atoms with Crippen LogP contribution in [0.2, 0.25) is 0 Å². The topological polar surface area (TPSA) is 46.9 Å². The quantitative estimate of drug-likeness (QED) is 0.637. The van der Waals surface area contributed by atoms with Crippen molar-refractivity contribution in [2.24, 2.45) is 0 Å². The molecule has 1 rings (SSSR count). The monoisotopic (exact) mass is 202 g/mol. The zero-order chi connectivity index (χ0) is 10.6. The summed E-state index contributed by atoms with van der Waals surface area (Å²) in [6, 6.07) is 0.242. The van der Waals surface area contributed by atoms with Crippen molar-refractivity contribution in [2.75, 3.05) is 39.3 Å². The molecule has 0 bridgehead atoms. The molecule has 0 aliphatic carbocycles. The van der Waals surface area contributed by atoms with Crippen LogP contribution >= 0.6 is 0 Å². The largest absolute Gasteiger partial charge is 0.395 e. The fourth-order valence-electron chi connectivity index (χ4n) is 1.84. The SMILES string of the molecule is CC(O)C(C)N1CCN(CCO)CC1. The standard InChI is InChI=1S/C10H22N2O2/c1-9(10(2)14)12-5-3-11(4-6-12)7-8-13/h9-10,13-14H,3-8H2,1-2H3. The van der Waals surface area contributed by atoms with Crippen LogP contribution in [0.15, 0.2) is 0 Å². The van der Waals surface area contributed by atoms with Crippen LogP contribution < -0.4 is 0 Å². The molecule has 0 saturated carbocycles. The Morgan fingerprint density at radius 1 is 1.14 bits per heavy atom. The number of β-amino-alcohol motifs (C(OH)–C–C–N with tert-alkyl or cyclic N) is 1. The minimum absolute atomic E-state index is 0.242. The highest BCUT2D eigenvalue weighted by Gasteiger charge is 2.22. The molecule has 1 saturated heterocycles. The van der Waals surface area contributed by atoms with E-state index < -0.39 is 0 Å². The fourth-order valence-corrected chi connectivity index (χ4v) is 1.84. The molecular formula is C10H22N2O2. The van der Waals surface area contributed by atoms with E-state index in [1.54, 1.807) is 0 Å². The smallest absolute Gasteiger partial charge is 0.0664 e. The fraction of sp³-hybridized carbons (Fsp3) is 1.00. The Balaban J connectivity index is 2.28. The van der Waals surface area contributed by atoms with Gasteiger partial charge in [0.25, 0.3) is 0 Å².